The van der Waals surface area contributed by atoms with Crippen molar-refractivity contribution in [3.8, 4) is 6.07 Å². The van der Waals surface area contributed by atoms with E-state index in [1.54, 1.807) is 23.1 Å². The minimum absolute atomic E-state index is 0.119. The van der Waals surface area contributed by atoms with E-state index in [1.165, 1.54) is 12.3 Å². The summed E-state index contributed by atoms with van der Waals surface area (Å²) >= 11 is 0. The molecule has 0 radical (unpaired) electrons. The molecule has 2 saturated heterocycles. The van der Waals surface area contributed by atoms with Gasteiger partial charge >= 0.3 is 12.3 Å². The number of alkyl halides is 3. The second-order valence-electron chi connectivity index (χ2n) is 8.36. The van der Waals surface area contributed by atoms with Gasteiger partial charge in [0.25, 0.3) is 0 Å². The molecule has 8 nitrogen and oxygen atoms in total. The highest BCUT2D eigenvalue weighted by Gasteiger charge is 2.46. The molecule has 2 aliphatic heterocycles. The molecule has 2 aromatic rings. The number of carbonyl (C=O) groups excluding carboxylic acids is 1. The van der Waals surface area contributed by atoms with Crippen LogP contribution in [-0.4, -0.2) is 64.9 Å². The number of rotatable bonds is 3. The van der Waals surface area contributed by atoms with Crippen molar-refractivity contribution in [2.24, 2.45) is 5.92 Å². The van der Waals surface area contributed by atoms with Gasteiger partial charge in [0.05, 0.1) is 17.0 Å². The summed E-state index contributed by atoms with van der Waals surface area (Å²) in [6.07, 6.45) is -3.61. The van der Waals surface area contributed by atoms with Gasteiger partial charge in [-0.1, -0.05) is 0 Å². The molecule has 174 valence electrons. The summed E-state index contributed by atoms with van der Waals surface area (Å²) in [6.45, 7) is 0.0457. The fraction of sp³-hybridized carbons (Fsp3) is 0.455. The zero-order valence-corrected chi connectivity index (χ0v) is 17.5. The van der Waals surface area contributed by atoms with Crippen LogP contribution >= 0.6 is 0 Å². The molecular weight excluding hydrogens is 439 g/mol. The lowest BCUT2D eigenvalue weighted by molar-refractivity contribution is -0.178. The summed E-state index contributed by atoms with van der Waals surface area (Å²) in [5.41, 5.74) is 1.21. The quantitative estimate of drug-likeness (QED) is 0.727. The van der Waals surface area contributed by atoms with Crippen molar-refractivity contribution >= 4 is 28.6 Å². The maximum atomic E-state index is 13.8. The molecule has 2 aliphatic rings. The maximum Gasteiger partial charge on any atom is 0.407 e. The SMILES string of the molecule is N#Cc1ccc(N2C[C@H](NC(=O)[C@@H]3CCCN3C(=O)O)C[C@H](C(F)(F)F)C2)c2cccnc12. The Labute approximate surface area is 187 Å². The molecule has 0 aliphatic carbocycles. The van der Waals surface area contributed by atoms with Crippen molar-refractivity contribution in [1.29, 1.82) is 5.26 Å². The van der Waals surface area contributed by atoms with Crippen LogP contribution in [0.5, 0.6) is 0 Å². The third-order valence-corrected chi connectivity index (χ3v) is 6.27. The number of benzene rings is 1. The molecule has 11 heteroatoms. The lowest BCUT2D eigenvalue weighted by Crippen LogP contribution is -2.56. The van der Waals surface area contributed by atoms with Crippen LogP contribution in [0, 0.1) is 17.2 Å². The van der Waals surface area contributed by atoms with Gasteiger partial charge in [-0.15, -0.1) is 0 Å². The Morgan fingerprint density at radius 3 is 2.73 bits per heavy atom. The second-order valence-corrected chi connectivity index (χ2v) is 8.36. The van der Waals surface area contributed by atoms with Crippen LogP contribution in [0.2, 0.25) is 0 Å². The van der Waals surface area contributed by atoms with Crippen molar-refractivity contribution in [2.45, 2.75) is 37.5 Å². The number of pyridine rings is 1. The summed E-state index contributed by atoms with van der Waals surface area (Å²) < 4.78 is 41.3. The minimum Gasteiger partial charge on any atom is -0.465 e. The van der Waals surface area contributed by atoms with Crippen molar-refractivity contribution < 1.29 is 27.9 Å². The van der Waals surface area contributed by atoms with Gasteiger partial charge < -0.3 is 15.3 Å². The number of nitriles is 1. The first-order chi connectivity index (χ1) is 15.7. The minimum atomic E-state index is -4.47. The van der Waals surface area contributed by atoms with E-state index in [9.17, 15) is 33.1 Å². The van der Waals surface area contributed by atoms with Crippen molar-refractivity contribution in [2.75, 3.05) is 24.5 Å². The number of piperidine rings is 1. The van der Waals surface area contributed by atoms with Gasteiger partial charge in [0, 0.05) is 42.9 Å². The van der Waals surface area contributed by atoms with Crippen LogP contribution in [-0.2, 0) is 4.79 Å². The van der Waals surface area contributed by atoms with Crippen molar-refractivity contribution in [3.05, 3.63) is 36.0 Å². The van der Waals surface area contributed by atoms with Crippen LogP contribution in [0.1, 0.15) is 24.8 Å². The van der Waals surface area contributed by atoms with Gasteiger partial charge in [-0.3, -0.25) is 14.7 Å². The van der Waals surface area contributed by atoms with Gasteiger partial charge in [-0.05, 0) is 43.5 Å². The van der Waals surface area contributed by atoms with E-state index < -0.39 is 36.2 Å². The highest BCUT2D eigenvalue weighted by molar-refractivity contribution is 5.95. The Balaban J connectivity index is 1.62. The number of halogens is 3. The summed E-state index contributed by atoms with van der Waals surface area (Å²) in [5, 5.41) is 21.8. The molecular formula is C22H22F3N5O3. The van der Waals surface area contributed by atoms with Gasteiger partial charge in [0.2, 0.25) is 5.91 Å². The Kier molecular flexibility index (Phi) is 6.01. The monoisotopic (exact) mass is 461 g/mol. The average molecular weight is 461 g/mol. The molecule has 1 aromatic heterocycles. The number of nitrogens with zero attached hydrogens (tertiary/aromatic N) is 4. The van der Waals surface area contributed by atoms with Gasteiger partial charge in [0.1, 0.15) is 12.1 Å². The van der Waals surface area contributed by atoms with Gasteiger partial charge in [-0.2, -0.15) is 18.4 Å². The predicted octanol–water partition coefficient (Wildman–Crippen LogP) is 3.12. The molecule has 3 atom stereocenters. The first-order valence-electron chi connectivity index (χ1n) is 10.6. The second kappa shape index (κ2) is 8.77. The predicted molar refractivity (Wildman–Crippen MR) is 113 cm³/mol. The van der Waals surface area contributed by atoms with E-state index >= 15 is 0 Å². The molecule has 2 fully saturated rings. The molecule has 0 unspecified atom stereocenters. The van der Waals surface area contributed by atoms with Crippen LogP contribution in [0.3, 0.4) is 0 Å². The molecule has 4 rings (SSSR count). The fourth-order valence-corrected chi connectivity index (χ4v) is 4.73. The third-order valence-electron chi connectivity index (χ3n) is 6.27. The van der Waals surface area contributed by atoms with E-state index in [0.717, 1.165) is 4.90 Å². The standard InChI is InChI=1S/C22H22F3N5O3/c23-22(24,25)14-9-15(28-20(31)18-4-2-8-30(18)21(32)33)12-29(11-14)17-6-5-13(10-26)19-16(17)3-1-7-27-19/h1,3,5-7,14-15,18H,2,4,8-9,11-12H2,(H,28,31)(H,32,33)/t14-,15+,18-/m0/s1. The number of carboxylic acid groups (broad SMARTS) is 1. The number of nitrogens with one attached hydrogen (secondary N) is 1. The topological polar surface area (TPSA) is 110 Å². The fourth-order valence-electron chi connectivity index (χ4n) is 4.73. The lowest BCUT2D eigenvalue weighted by atomic mass is 9.92. The maximum absolute atomic E-state index is 13.8. The number of likely N-dealkylation sites (tertiary alicyclic amines) is 1. The molecule has 1 aromatic carbocycles. The Hall–Kier alpha value is -3.55. The molecule has 0 spiro atoms. The zero-order valence-electron chi connectivity index (χ0n) is 17.5. The summed E-state index contributed by atoms with van der Waals surface area (Å²) in [6, 6.07) is 6.80. The molecule has 33 heavy (non-hydrogen) atoms. The summed E-state index contributed by atoms with van der Waals surface area (Å²) in [5.74, 6) is -2.26. The number of hydrogen-bond acceptors (Lipinski definition) is 5. The van der Waals surface area contributed by atoms with Crippen molar-refractivity contribution in [1.82, 2.24) is 15.2 Å². The molecule has 0 saturated carbocycles. The Morgan fingerprint density at radius 2 is 2.03 bits per heavy atom. The van der Waals surface area contributed by atoms with Crippen molar-refractivity contribution in [3.63, 3.8) is 0 Å². The zero-order chi connectivity index (χ0) is 23.8. The van der Waals surface area contributed by atoms with Crippen LogP contribution < -0.4 is 10.2 Å². The highest BCUT2D eigenvalue weighted by atomic mass is 19.4. The number of hydrogen-bond donors (Lipinski definition) is 2. The normalized spacial score (nSPS) is 23.4. The number of aromatic nitrogens is 1. The Bertz CT molecular complexity index is 1120. The van der Waals surface area contributed by atoms with Crippen LogP contribution in [0.15, 0.2) is 30.5 Å². The van der Waals surface area contributed by atoms with E-state index in [2.05, 4.69) is 10.3 Å². The van der Waals surface area contributed by atoms with E-state index in [-0.39, 0.29) is 26.1 Å². The summed E-state index contributed by atoms with van der Waals surface area (Å²) in [7, 11) is 0. The third kappa shape index (κ3) is 4.51. The van der Waals surface area contributed by atoms with E-state index in [1.807, 2.05) is 6.07 Å². The lowest BCUT2D eigenvalue weighted by Gasteiger charge is -2.40. The summed E-state index contributed by atoms with van der Waals surface area (Å²) in [4.78, 5) is 30.9. The average Bonchev–Trinajstić information content (AvgIpc) is 3.28. The molecule has 2 N–H and O–H groups in total. The van der Waals surface area contributed by atoms with Crippen LogP contribution in [0.25, 0.3) is 10.9 Å². The van der Waals surface area contributed by atoms with Crippen LogP contribution in [0.4, 0.5) is 23.7 Å². The molecule has 2 amide bonds. The van der Waals surface area contributed by atoms with E-state index in [0.29, 0.717) is 35.0 Å². The number of carbonyl (C=O) groups is 2. The smallest absolute Gasteiger partial charge is 0.407 e. The molecule has 3 heterocycles. The first-order valence-corrected chi connectivity index (χ1v) is 10.6. The number of amides is 2. The highest BCUT2D eigenvalue weighted by Crippen LogP contribution is 2.37. The first kappa shape index (κ1) is 22.6. The van der Waals surface area contributed by atoms with E-state index in [4.69, 9.17) is 0 Å². The Morgan fingerprint density at radius 1 is 1.24 bits per heavy atom. The molecule has 0 bridgehead atoms. The van der Waals surface area contributed by atoms with Gasteiger partial charge in [0.15, 0.2) is 0 Å². The number of anilines is 1. The largest absolute Gasteiger partial charge is 0.465 e. The van der Waals surface area contributed by atoms with Gasteiger partial charge in [-0.25, -0.2) is 4.79 Å². The number of fused-ring (bicyclic) bond motifs is 1.